The van der Waals surface area contributed by atoms with Crippen molar-refractivity contribution in [3.63, 3.8) is 0 Å². The van der Waals surface area contributed by atoms with E-state index in [2.05, 4.69) is 21.9 Å². The molecule has 0 amide bonds. The smallest absolute Gasteiger partial charge is 0.356 e. The number of hydrogen-bond acceptors (Lipinski definition) is 4. The topological polar surface area (TPSA) is 64.2 Å². The number of carbonyl (C=O) groups is 1. The van der Waals surface area contributed by atoms with Gasteiger partial charge in [-0.2, -0.15) is 5.10 Å². The average Bonchev–Trinajstić information content (AvgIpc) is 2.97. The van der Waals surface area contributed by atoms with E-state index < -0.39 is 5.97 Å². The number of nitrogens with zero attached hydrogens (tertiary/aromatic N) is 1. The number of aromatic amines is 1. The predicted molar refractivity (Wildman–Crippen MR) is 75.8 cm³/mol. The van der Waals surface area contributed by atoms with Crippen LogP contribution in [0.15, 0.2) is 30.3 Å². The monoisotopic (exact) mass is 274 g/mol. The maximum absolute atomic E-state index is 11.4. The van der Waals surface area contributed by atoms with E-state index in [1.165, 1.54) is 7.11 Å². The summed E-state index contributed by atoms with van der Waals surface area (Å²) >= 11 is 0. The third-order valence-electron chi connectivity index (χ3n) is 2.90. The van der Waals surface area contributed by atoms with Crippen LogP contribution in [0.25, 0.3) is 11.3 Å². The number of rotatable bonds is 6. The zero-order valence-electron chi connectivity index (χ0n) is 11.7. The molecule has 0 bridgehead atoms. The molecule has 0 aliphatic heterocycles. The Bertz CT molecular complexity index is 578. The molecule has 1 aromatic carbocycles. The van der Waals surface area contributed by atoms with Crippen molar-refractivity contribution in [2.75, 3.05) is 13.7 Å². The second-order valence-corrected chi connectivity index (χ2v) is 4.36. The first-order valence-electron chi connectivity index (χ1n) is 6.62. The van der Waals surface area contributed by atoms with Crippen molar-refractivity contribution in [3.8, 4) is 17.0 Å². The van der Waals surface area contributed by atoms with Crippen molar-refractivity contribution < 1.29 is 14.3 Å². The van der Waals surface area contributed by atoms with Crippen LogP contribution in [0.5, 0.6) is 5.75 Å². The van der Waals surface area contributed by atoms with Crippen LogP contribution in [-0.4, -0.2) is 29.9 Å². The molecule has 5 nitrogen and oxygen atoms in total. The minimum atomic E-state index is -0.437. The van der Waals surface area contributed by atoms with E-state index in [1.54, 1.807) is 6.07 Å². The lowest BCUT2D eigenvalue weighted by Gasteiger charge is -2.09. The van der Waals surface area contributed by atoms with Crippen LogP contribution in [0.4, 0.5) is 0 Å². The van der Waals surface area contributed by atoms with E-state index in [9.17, 15) is 4.79 Å². The van der Waals surface area contributed by atoms with Gasteiger partial charge < -0.3 is 9.47 Å². The second kappa shape index (κ2) is 6.75. The van der Waals surface area contributed by atoms with Crippen LogP contribution in [0.2, 0.25) is 0 Å². The van der Waals surface area contributed by atoms with Crippen molar-refractivity contribution in [1.29, 1.82) is 0 Å². The molecule has 0 aliphatic carbocycles. The van der Waals surface area contributed by atoms with Crippen LogP contribution in [0.1, 0.15) is 30.3 Å². The molecule has 0 spiro atoms. The zero-order chi connectivity index (χ0) is 14.4. The quantitative estimate of drug-likeness (QED) is 0.649. The lowest BCUT2D eigenvalue weighted by molar-refractivity contribution is 0.0594. The number of carbonyl (C=O) groups excluding carboxylic acids is 1. The molecule has 0 saturated carbocycles. The molecule has 0 aliphatic rings. The molecule has 0 saturated heterocycles. The van der Waals surface area contributed by atoms with Gasteiger partial charge in [0.25, 0.3) is 0 Å². The normalized spacial score (nSPS) is 10.3. The van der Waals surface area contributed by atoms with Gasteiger partial charge in [0.1, 0.15) is 11.4 Å². The molecule has 2 aromatic rings. The molecular formula is C15H18N2O3. The summed E-state index contributed by atoms with van der Waals surface area (Å²) < 4.78 is 10.4. The minimum absolute atomic E-state index is 0.325. The fraction of sp³-hybridized carbons (Fsp3) is 0.333. The number of hydrogen-bond donors (Lipinski definition) is 1. The summed E-state index contributed by atoms with van der Waals surface area (Å²) in [5.74, 6) is 0.331. The predicted octanol–water partition coefficient (Wildman–Crippen LogP) is 3.04. The largest absolute Gasteiger partial charge is 0.493 e. The van der Waals surface area contributed by atoms with Crippen molar-refractivity contribution in [2.45, 2.75) is 19.8 Å². The summed E-state index contributed by atoms with van der Waals surface area (Å²) in [4.78, 5) is 11.4. The number of unbranched alkanes of at least 4 members (excludes halogenated alkanes) is 1. The van der Waals surface area contributed by atoms with E-state index in [0.717, 1.165) is 24.2 Å². The highest BCUT2D eigenvalue weighted by molar-refractivity contribution is 5.88. The Kier molecular flexibility index (Phi) is 4.76. The number of para-hydroxylation sites is 1. The van der Waals surface area contributed by atoms with Gasteiger partial charge in [0.05, 0.1) is 19.4 Å². The van der Waals surface area contributed by atoms with Gasteiger partial charge in [-0.3, -0.25) is 5.10 Å². The second-order valence-electron chi connectivity index (χ2n) is 4.36. The van der Waals surface area contributed by atoms with Gasteiger partial charge >= 0.3 is 5.97 Å². The van der Waals surface area contributed by atoms with E-state index in [1.807, 2.05) is 24.3 Å². The standard InChI is InChI=1S/C15H18N2O3/c1-3-4-9-20-14-8-6-5-7-11(14)12-10-13(17-16-12)15(18)19-2/h5-8,10H,3-4,9H2,1-2H3,(H,16,17). The number of H-pyrrole nitrogens is 1. The molecule has 5 heteroatoms. The molecule has 0 radical (unpaired) electrons. The summed E-state index contributed by atoms with van der Waals surface area (Å²) in [7, 11) is 1.34. The van der Waals surface area contributed by atoms with Crippen molar-refractivity contribution in [1.82, 2.24) is 10.2 Å². The number of aromatic nitrogens is 2. The Morgan fingerprint density at radius 2 is 2.15 bits per heavy atom. The molecule has 2 rings (SSSR count). The van der Waals surface area contributed by atoms with Gasteiger partial charge in [-0.25, -0.2) is 4.79 Å². The molecule has 1 N–H and O–H groups in total. The van der Waals surface area contributed by atoms with E-state index >= 15 is 0 Å². The van der Waals surface area contributed by atoms with E-state index in [-0.39, 0.29) is 0 Å². The third kappa shape index (κ3) is 3.17. The van der Waals surface area contributed by atoms with Crippen molar-refractivity contribution >= 4 is 5.97 Å². The molecule has 106 valence electrons. The third-order valence-corrected chi connectivity index (χ3v) is 2.90. The van der Waals surface area contributed by atoms with Crippen LogP contribution in [0.3, 0.4) is 0 Å². The highest BCUT2D eigenvalue weighted by atomic mass is 16.5. The molecule has 0 unspecified atom stereocenters. The summed E-state index contributed by atoms with van der Waals surface area (Å²) in [6.07, 6.45) is 2.08. The maximum atomic E-state index is 11.4. The summed E-state index contributed by atoms with van der Waals surface area (Å²) in [6.45, 7) is 2.79. The molecular weight excluding hydrogens is 256 g/mol. The van der Waals surface area contributed by atoms with Gasteiger partial charge in [0, 0.05) is 5.56 Å². The summed E-state index contributed by atoms with van der Waals surface area (Å²) in [5.41, 5.74) is 1.85. The fourth-order valence-corrected chi connectivity index (χ4v) is 1.80. The first-order valence-corrected chi connectivity index (χ1v) is 6.62. The number of ether oxygens (including phenoxy) is 2. The van der Waals surface area contributed by atoms with Gasteiger partial charge in [-0.1, -0.05) is 25.5 Å². The number of esters is 1. The molecule has 0 fully saturated rings. The Labute approximate surface area is 117 Å². The van der Waals surface area contributed by atoms with Gasteiger partial charge in [-0.05, 0) is 24.6 Å². The van der Waals surface area contributed by atoms with Gasteiger partial charge in [0.2, 0.25) is 0 Å². The molecule has 1 heterocycles. The highest BCUT2D eigenvalue weighted by Crippen LogP contribution is 2.28. The Morgan fingerprint density at radius 1 is 1.35 bits per heavy atom. The van der Waals surface area contributed by atoms with Crippen molar-refractivity contribution in [2.24, 2.45) is 0 Å². The van der Waals surface area contributed by atoms with Gasteiger partial charge in [0.15, 0.2) is 0 Å². The minimum Gasteiger partial charge on any atom is -0.493 e. The highest BCUT2D eigenvalue weighted by Gasteiger charge is 2.13. The molecule has 0 atom stereocenters. The van der Waals surface area contributed by atoms with E-state index in [4.69, 9.17) is 4.74 Å². The summed E-state index contributed by atoms with van der Waals surface area (Å²) in [5, 5.41) is 6.81. The number of benzene rings is 1. The SMILES string of the molecule is CCCCOc1ccccc1-c1cc(C(=O)OC)[nH]n1. The summed E-state index contributed by atoms with van der Waals surface area (Å²) in [6, 6.07) is 9.30. The lowest BCUT2D eigenvalue weighted by atomic mass is 10.1. The van der Waals surface area contributed by atoms with Crippen LogP contribution < -0.4 is 4.74 Å². The Morgan fingerprint density at radius 3 is 2.90 bits per heavy atom. The number of nitrogens with one attached hydrogen (secondary N) is 1. The average molecular weight is 274 g/mol. The Hall–Kier alpha value is -2.30. The van der Waals surface area contributed by atoms with Gasteiger partial charge in [-0.15, -0.1) is 0 Å². The van der Waals surface area contributed by atoms with Crippen LogP contribution in [-0.2, 0) is 4.74 Å². The maximum Gasteiger partial charge on any atom is 0.356 e. The van der Waals surface area contributed by atoms with Crippen LogP contribution in [0, 0.1) is 0 Å². The lowest BCUT2D eigenvalue weighted by Crippen LogP contribution is -2.00. The first-order chi connectivity index (χ1) is 9.76. The Balaban J connectivity index is 2.23. The van der Waals surface area contributed by atoms with Crippen LogP contribution >= 0.6 is 0 Å². The first kappa shape index (κ1) is 14.1. The van der Waals surface area contributed by atoms with Crippen molar-refractivity contribution in [3.05, 3.63) is 36.0 Å². The zero-order valence-corrected chi connectivity index (χ0v) is 11.7. The number of methoxy groups -OCH3 is 1. The van der Waals surface area contributed by atoms with E-state index in [0.29, 0.717) is 18.0 Å². The molecule has 1 aromatic heterocycles. The fourth-order valence-electron chi connectivity index (χ4n) is 1.80. The molecule has 20 heavy (non-hydrogen) atoms.